The van der Waals surface area contributed by atoms with Crippen LogP contribution in [0.2, 0.25) is 0 Å². The van der Waals surface area contributed by atoms with Gasteiger partial charge in [0.25, 0.3) is 0 Å². The Morgan fingerprint density at radius 1 is 1.12 bits per heavy atom. The average molecular weight is 373 g/mol. The van der Waals surface area contributed by atoms with Crippen molar-refractivity contribution in [2.75, 3.05) is 38.6 Å². The second kappa shape index (κ2) is 8.47. The Labute approximate surface area is 159 Å². The first kappa shape index (κ1) is 18.6. The second-order valence-corrected chi connectivity index (χ2v) is 6.89. The number of methoxy groups -OCH3 is 1. The molecule has 6 heteroatoms. The molecule has 0 radical (unpaired) electrons. The minimum Gasteiger partial charge on any atom is -0.497 e. The first-order valence-corrected chi connectivity index (χ1v) is 9.13. The number of hydrogen-bond donors (Lipinski definition) is 1. The van der Waals surface area contributed by atoms with Gasteiger partial charge < -0.3 is 15.0 Å². The highest BCUT2D eigenvalue weighted by Crippen LogP contribution is 2.16. The Kier molecular flexibility index (Phi) is 6.06. The number of nitrogens with one attached hydrogen (secondary N) is 1. The fraction of sp³-hybridized carbons (Fsp3) is 0.350. The third-order valence-electron chi connectivity index (χ3n) is 4.65. The molecule has 26 heavy (non-hydrogen) atoms. The molecule has 4 nitrogen and oxygen atoms in total. The summed E-state index contributed by atoms with van der Waals surface area (Å²) in [5, 5.41) is 3.79. The van der Waals surface area contributed by atoms with Crippen LogP contribution in [0, 0.1) is 12.7 Å². The van der Waals surface area contributed by atoms with Crippen LogP contribution in [0.5, 0.6) is 5.75 Å². The van der Waals surface area contributed by atoms with E-state index in [4.69, 9.17) is 17.0 Å². The Bertz CT molecular complexity index is 758. The molecular formula is C20H24FN3OS. The second-order valence-electron chi connectivity index (χ2n) is 6.51. The van der Waals surface area contributed by atoms with Gasteiger partial charge in [0.15, 0.2) is 5.11 Å². The fourth-order valence-corrected chi connectivity index (χ4v) is 3.27. The smallest absolute Gasteiger partial charge is 0.173 e. The lowest BCUT2D eigenvalue weighted by Gasteiger charge is -2.36. The lowest BCUT2D eigenvalue weighted by molar-refractivity contribution is 0.177. The fourth-order valence-electron chi connectivity index (χ4n) is 2.97. The van der Waals surface area contributed by atoms with Crippen LogP contribution in [0.15, 0.2) is 42.5 Å². The van der Waals surface area contributed by atoms with Gasteiger partial charge in [0.2, 0.25) is 0 Å². The summed E-state index contributed by atoms with van der Waals surface area (Å²) in [7, 11) is 1.68. The van der Waals surface area contributed by atoms with Crippen molar-refractivity contribution in [1.29, 1.82) is 0 Å². The van der Waals surface area contributed by atoms with Gasteiger partial charge in [-0.3, -0.25) is 4.90 Å². The van der Waals surface area contributed by atoms with Gasteiger partial charge in [0, 0.05) is 38.4 Å². The molecule has 1 saturated heterocycles. The molecule has 0 bridgehead atoms. The molecule has 1 N–H and O–H groups in total. The molecule has 138 valence electrons. The molecule has 1 aliphatic rings. The van der Waals surface area contributed by atoms with Gasteiger partial charge in [-0.2, -0.15) is 0 Å². The van der Waals surface area contributed by atoms with Crippen molar-refractivity contribution in [3.63, 3.8) is 0 Å². The third kappa shape index (κ3) is 4.71. The molecule has 1 aliphatic heterocycles. The topological polar surface area (TPSA) is 27.7 Å². The highest BCUT2D eigenvalue weighted by atomic mass is 32.1. The number of aryl methyl sites for hydroxylation is 1. The molecule has 0 unspecified atom stereocenters. The summed E-state index contributed by atoms with van der Waals surface area (Å²) >= 11 is 5.49. The van der Waals surface area contributed by atoms with E-state index in [1.54, 1.807) is 20.1 Å². The summed E-state index contributed by atoms with van der Waals surface area (Å²) in [5.41, 5.74) is 2.60. The summed E-state index contributed by atoms with van der Waals surface area (Å²) in [5.74, 6) is 0.657. The number of piperazine rings is 1. The van der Waals surface area contributed by atoms with Crippen LogP contribution < -0.4 is 10.1 Å². The first-order valence-electron chi connectivity index (χ1n) is 8.72. The summed E-state index contributed by atoms with van der Waals surface area (Å²) in [6.07, 6.45) is 0. The lowest BCUT2D eigenvalue weighted by atomic mass is 10.2. The standard InChI is InChI=1S/C20H24FN3OS/c1-15-3-6-17(13-19(15)21)22-20(26)24-11-9-23(10-12-24)14-16-4-7-18(25-2)8-5-16/h3-8,13H,9-12,14H2,1-2H3,(H,22,26). The largest absolute Gasteiger partial charge is 0.497 e. The average Bonchev–Trinajstić information content (AvgIpc) is 2.66. The molecule has 2 aromatic rings. The maximum absolute atomic E-state index is 13.7. The minimum absolute atomic E-state index is 0.220. The molecule has 0 amide bonds. The van der Waals surface area contributed by atoms with Gasteiger partial charge in [-0.05, 0) is 54.5 Å². The van der Waals surface area contributed by atoms with Crippen LogP contribution in [0.1, 0.15) is 11.1 Å². The van der Waals surface area contributed by atoms with Crippen molar-refractivity contribution in [3.8, 4) is 5.75 Å². The third-order valence-corrected chi connectivity index (χ3v) is 5.01. The quantitative estimate of drug-likeness (QED) is 0.826. The molecular weight excluding hydrogens is 349 g/mol. The summed E-state index contributed by atoms with van der Waals surface area (Å²) in [6, 6.07) is 13.3. The van der Waals surface area contributed by atoms with Crippen molar-refractivity contribution >= 4 is 23.0 Å². The van der Waals surface area contributed by atoms with E-state index in [1.807, 2.05) is 18.2 Å². The zero-order valence-electron chi connectivity index (χ0n) is 15.2. The predicted octanol–water partition coefficient (Wildman–Crippen LogP) is 3.66. The zero-order valence-corrected chi connectivity index (χ0v) is 16.0. The Balaban J connectivity index is 1.49. The van der Waals surface area contributed by atoms with E-state index in [0.29, 0.717) is 16.4 Å². The molecule has 2 aromatic carbocycles. The number of hydrogen-bond acceptors (Lipinski definition) is 3. The van der Waals surface area contributed by atoms with Crippen LogP contribution in [0.25, 0.3) is 0 Å². The number of ether oxygens (including phenoxy) is 1. The molecule has 3 rings (SSSR count). The minimum atomic E-state index is -0.220. The molecule has 1 fully saturated rings. The lowest BCUT2D eigenvalue weighted by Crippen LogP contribution is -2.49. The molecule has 0 spiro atoms. The van der Waals surface area contributed by atoms with E-state index < -0.39 is 0 Å². The van der Waals surface area contributed by atoms with Gasteiger partial charge in [-0.25, -0.2) is 4.39 Å². The normalized spacial score (nSPS) is 15.0. The highest BCUT2D eigenvalue weighted by molar-refractivity contribution is 7.80. The maximum Gasteiger partial charge on any atom is 0.173 e. The predicted molar refractivity (Wildman–Crippen MR) is 107 cm³/mol. The van der Waals surface area contributed by atoms with Crippen molar-refractivity contribution in [3.05, 3.63) is 59.4 Å². The van der Waals surface area contributed by atoms with Crippen LogP contribution in [-0.2, 0) is 6.54 Å². The van der Waals surface area contributed by atoms with E-state index in [1.165, 1.54) is 11.6 Å². The van der Waals surface area contributed by atoms with Crippen molar-refractivity contribution < 1.29 is 9.13 Å². The monoisotopic (exact) mass is 373 g/mol. The van der Waals surface area contributed by atoms with Gasteiger partial charge in [0.05, 0.1) is 7.11 Å². The Morgan fingerprint density at radius 3 is 2.42 bits per heavy atom. The van der Waals surface area contributed by atoms with Gasteiger partial charge in [-0.1, -0.05) is 18.2 Å². The van der Waals surface area contributed by atoms with E-state index in [2.05, 4.69) is 27.2 Å². The van der Waals surface area contributed by atoms with Crippen LogP contribution in [-0.4, -0.2) is 48.2 Å². The van der Waals surface area contributed by atoms with Crippen LogP contribution in [0.3, 0.4) is 0 Å². The maximum atomic E-state index is 13.7. The van der Waals surface area contributed by atoms with Gasteiger partial charge in [-0.15, -0.1) is 0 Å². The number of halogens is 1. The zero-order chi connectivity index (χ0) is 18.5. The number of nitrogens with zero attached hydrogens (tertiary/aromatic N) is 2. The van der Waals surface area contributed by atoms with E-state index >= 15 is 0 Å². The number of anilines is 1. The molecule has 0 aromatic heterocycles. The number of rotatable bonds is 4. The summed E-state index contributed by atoms with van der Waals surface area (Å²) in [4.78, 5) is 4.55. The van der Waals surface area contributed by atoms with E-state index in [9.17, 15) is 4.39 Å². The Morgan fingerprint density at radius 2 is 1.81 bits per heavy atom. The van der Waals surface area contributed by atoms with Crippen LogP contribution >= 0.6 is 12.2 Å². The molecule has 0 atom stereocenters. The number of benzene rings is 2. The summed E-state index contributed by atoms with van der Waals surface area (Å²) < 4.78 is 18.9. The molecule has 1 heterocycles. The van der Waals surface area contributed by atoms with Crippen LogP contribution in [0.4, 0.5) is 10.1 Å². The molecule has 0 saturated carbocycles. The summed E-state index contributed by atoms with van der Waals surface area (Å²) in [6.45, 7) is 6.26. The first-order chi connectivity index (χ1) is 12.5. The van der Waals surface area contributed by atoms with Crippen molar-refractivity contribution in [2.45, 2.75) is 13.5 Å². The van der Waals surface area contributed by atoms with E-state index in [0.717, 1.165) is 38.5 Å². The van der Waals surface area contributed by atoms with Gasteiger partial charge in [0.1, 0.15) is 11.6 Å². The Hall–Kier alpha value is -2.18. The highest BCUT2D eigenvalue weighted by Gasteiger charge is 2.19. The van der Waals surface area contributed by atoms with Crippen molar-refractivity contribution in [1.82, 2.24) is 9.80 Å². The van der Waals surface area contributed by atoms with Gasteiger partial charge >= 0.3 is 0 Å². The van der Waals surface area contributed by atoms with Crippen molar-refractivity contribution in [2.24, 2.45) is 0 Å². The SMILES string of the molecule is COc1ccc(CN2CCN(C(=S)Nc3ccc(C)c(F)c3)CC2)cc1. The number of thiocarbonyl (C=S) groups is 1. The molecule has 0 aliphatic carbocycles. The van der Waals surface area contributed by atoms with E-state index in [-0.39, 0.29) is 5.82 Å².